The van der Waals surface area contributed by atoms with Gasteiger partial charge in [0.2, 0.25) is 0 Å². The summed E-state index contributed by atoms with van der Waals surface area (Å²) in [4.78, 5) is 34.0. The Hall–Kier alpha value is -1.63. The number of thioether (sulfide) groups is 1. The van der Waals surface area contributed by atoms with Gasteiger partial charge in [0.05, 0.1) is 0 Å². The van der Waals surface area contributed by atoms with Gasteiger partial charge < -0.3 is 0 Å². The van der Waals surface area contributed by atoms with Crippen LogP contribution in [0.4, 0.5) is 0 Å². The molecule has 7 heteroatoms. The first-order valence-electron chi connectivity index (χ1n) is 7.83. The Morgan fingerprint density at radius 2 is 1.74 bits per heavy atom. The van der Waals surface area contributed by atoms with Crippen molar-refractivity contribution in [3.63, 3.8) is 0 Å². The maximum atomic E-state index is 12.6. The summed E-state index contributed by atoms with van der Waals surface area (Å²) in [6.07, 6.45) is 0. The molecule has 0 radical (unpaired) electrons. The quantitative estimate of drug-likeness (QED) is 0.618. The van der Waals surface area contributed by atoms with E-state index in [4.69, 9.17) is 0 Å². The Kier molecular flexibility index (Phi) is 5.29. The standard InChI is InChI=1S/C16H24N4O2S/c1-9(2)7-20-13-12(15(21)19(6)16(20)22)14(18-11(5)17-13)23-8-10(3)4/h9-10H,7-8H2,1-6H3. The van der Waals surface area contributed by atoms with Crippen molar-refractivity contribution in [3.8, 4) is 0 Å². The van der Waals surface area contributed by atoms with E-state index >= 15 is 0 Å². The van der Waals surface area contributed by atoms with E-state index in [1.54, 1.807) is 23.3 Å². The molecule has 0 aromatic carbocycles. The molecule has 0 aliphatic carbocycles. The summed E-state index contributed by atoms with van der Waals surface area (Å²) in [5.41, 5.74) is -0.198. The predicted molar refractivity (Wildman–Crippen MR) is 94.2 cm³/mol. The van der Waals surface area contributed by atoms with Gasteiger partial charge in [0.15, 0.2) is 5.65 Å². The van der Waals surface area contributed by atoms with Crippen LogP contribution < -0.4 is 11.2 Å². The highest BCUT2D eigenvalue weighted by Crippen LogP contribution is 2.24. The largest absolute Gasteiger partial charge is 0.332 e. The molecule has 0 bridgehead atoms. The van der Waals surface area contributed by atoms with E-state index < -0.39 is 0 Å². The second-order valence-corrected chi connectivity index (χ2v) is 7.64. The summed E-state index contributed by atoms with van der Waals surface area (Å²) in [5.74, 6) is 2.19. The van der Waals surface area contributed by atoms with Gasteiger partial charge in [0.1, 0.15) is 16.2 Å². The average Bonchev–Trinajstić information content (AvgIpc) is 2.46. The Balaban J connectivity index is 2.82. The molecule has 23 heavy (non-hydrogen) atoms. The zero-order valence-electron chi connectivity index (χ0n) is 14.6. The van der Waals surface area contributed by atoms with Crippen molar-refractivity contribution in [2.24, 2.45) is 18.9 Å². The Bertz CT molecular complexity index is 837. The maximum Gasteiger partial charge on any atom is 0.332 e. The van der Waals surface area contributed by atoms with Crippen molar-refractivity contribution < 1.29 is 0 Å². The molecular weight excluding hydrogens is 312 g/mol. The molecule has 0 fully saturated rings. The van der Waals surface area contributed by atoms with Gasteiger partial charge in [-0.25, -0.2) is 14.8 Å². The fourth-order valence-electron chi connectivity index (χ4n) is 2.32. The summed E-state index contributed by atoms with van der Waals surface area (Å²) in [6.45, 7) is 10.6. The number of hydrogen-bond acceptors (Lipinski definition) is 5. The van der Waals surface area contributed by atoms with Gasteiger partial charge in [-0.15, -0.1) is 11.8 Å². The lowest BCUT2D eigenvalue weighted by Crippen LogP contribution is -2.39. The van der Waals surface area contributed by atoms with Crippen LogP contribution in [0.1, 0.15) is 33.5 Å². The normalized spacial score (nSPS) is 11.8. The van der Waals surface area contributed by atoms with Crippen LogP contribution in [0.5, 0.6) is 0 Å². The van der Waals surface area contributed by atoms with Crippen LogP contribution in [-0.2, 0) is 13.6 Å². The summed E-state index contributed by atoms with van der Waals surface area (Å²) in [5, 5.41) is 1.11. The number of aromatic nitrogens is 4. The third-order valence-corrected chi connectivity index (χ3v) is 4.76. The zero-order valence-corrected chi connectivity index (χ0v) is 15.4. The lowest BCUT2D eigenvalue weighted by Gasteiger charge is -2.15. The van der Waals surface area contributed by atoms with Gasteiger partial charge >= 0.3 is 5.69 Å². The van der Waals surface area contributed by atoms with Crippen LogP contribution in [0.25, 0.3) is 11.0 Å². The molecule has 0 amide bonds. The van der Waals surface area contributed by atoms with Crippen LogP contribution >= 0.6 is 11.8 Å². The van der Waals surface area contributed by atoms with Gasteiger partial charge in [-0.05, 0) is 18.8 Å². The summed E-state index contributed by atoms with van der Waals surface area (Å²) in [7, 11) is 1.51. The highest BCUT2D eigenvalue weighted by Gasteiger charge is 2.18. The summed E-state index contributed by atoms with van der Waals surface area (Å²) in [6, 6.07) is 0. The highest BCUT2D eigenvalue weighted by molar-refractivity contribution is 7.99. The molecule has 0 aliphatic rings. The van der Waals surface area contributed by atoms with Gasteiger partial charge in [-0.1, -0.05) is 27.7 Å². The van der Waals surface area contributed by atoms with E-state index in [1.807, 2.05) is 13.8 Å². The number of aryl methyl sites for hydroxylation is 1. The fraction of sp³-hybridized carbons (Fsp3) is 0.625. The monoisotopic (exact) mass is 336 g/mol. The Morgan fingerprint density at radius 1 is 1.09 bits per heavy atom. The summed E-state index contributed by atoms with van der Waals surface area (Å²) < 4.78 is 2.75. The first-order valence-corrected chi connectivity index (χ1v) is 8.81. The topological polar surface area (TPSA) is 69.8 Å². The SMILES string of the molecule is Cc1nc(SCC(C)C)c2c(=O)n(C)c(=O)n(CC(C)C)c2n1. The molecule has 0 unspecified atom stereocenters. The fourth-order valence-corrected chi connectivity index (χ4v) is 3.33. The first kappa shape index (κ1) is 17.7. The van der Waals surface area contributed by atoms with Crippen molar-refractivity contribution in [1.29, 1.82) is 0 Å². The predicted octanol–water partition coefficient (Wildman–Crippen LogP) is 2.20. The molecule has 126 valence electrons. The van der Waals surface area contributed by atoms with E-state index in [0.29, 0.717) is 34.3 Å². The van der Waals surface area contributed by atoms with E-state index in [-0.39, 0.29) is 17.2 Å². The van der Waals surface area contributed by atoms with E-state index in [1.165, 1.54) is 7.05 Å². The highest BCUT2D eigenvalue weighted by atomic mass is 32.2. The van der Waals surface area contributed by atoms with E-state index in [2.05, 4.69) is 23.8 Å². The molecule has 0 aliphatic heterocycles. The number of fused-ring (bicyclic) bond motifs is 1. The molecule has 0 atom stereocenters. The molecule has 0 saturated carbocycles. The van der Waals surface area contributed by atoms with Crippen molar-refractivity contribution >= 4 is 22.8 Å². The summed E-state index contributed by atoms with van der Waals surface area (Å²) >= 11 is 1.55. The van der Waals surface area contributed by atoms with Gasteiger partial charge in [0.25, 0.3) is 5.56 Å². The minimum Gasteiger partial charge on any atom is -0.277 e. The van der Waals surface area contributed by atoms with Crippen molar-refractivity contribution in [2.45, 2.75) is 46.2 Å². The average molecular weight is 336 g/mol. The molecule has 6 nitrogen and oxygen atoms in total. The molecule has 0 spiro atoms. The third kappa shape index (κ3) is 3.65. The smallest absolute Gasteiger partial charge is 0.277 e. The Labute approximate surface area is 140 Å². The van der Waals surface area contributed by atoms with Crippen molar-refractivity contribution in [2.75, 3.05) is 5.75 Å². The lowest BCUT2D eigenvalue weighted by molar-refractivity contribution is 0.498. The van der Waals surface area contributed by atoms with Crippen LogP contribution in [0.3, 0.4) is 0 Å². The molecule has 2 aromatic rings. The van der Waals surface area contributed by atoms with Crippen LogP contribution in [0, 0.1) is 18.8 Å². The third-order valence-electron chi connectivity index (χ3n) is 3.36. The van der Waals surface area contributed by atoms with E-state index in [0.717, 1.165) is 10.3 Å². The van der Waals surface area contributed by atoms with Crippen LogP contribution in [-0.4, -0.2) is 24.9 Å². The Morgan fingerprint density at radius 3 is 2.30 bits per heavy atom. The molecule has 0 N–H and O–H groups in total. The minimum absolute atomic E-state index is 0.274. The van der Waals surface area contributed by atoms with Gasteiger partial charge in [0, 0.05) is 19.3 Å². The van der Waals surface area contributed by atoms with Crippen LogP contribution in [0.15, 0.2) is 14.6 Å². The van der Waals surface area contributed by atoms with Gasteiger partial charge in [-0.2, -0.15) is 0 Å². The second kappa shape index (κ2) is 6.86. The lowest BCUT2D eigenvalue weighted by atomic mass is 10.2. The zero-order chi connectivity index (χ0) is 17.3. The van der Waals surface area contributed by atoms with E-state index in [9.17, 15) is 9.59 Å². The second-order valence-electron chi connectivity index (χ2n) is 6.63. The van der Waals surface area contributed by atoms with Crippen molar-refractivity contribution in [1.82, 2.24) is 19.1 Å². The molecule has 0 saturated heterocycles. The molecular formula is C16H24N4O2S. The maximum absolute atomic E-state index is 12.6. The van der Waals surface area contributed by atoms with Crippen molar-refractivity contribution in [3.05, 3.63) is 26.7 Å². The number of hydrogen-bond donors (Lipinski definition) is 0. The molecule has 2 aromatic heterocycles. The number of nitrogens with zero attached hydrogens (tertiary/aromatic N) is 4. The number of rotatable bonds is 5. The van der Waals surface area contributed by atoms with Gasteiger partial charge in [-0.3, -0.25) is 13.9 Å². The molecule has 2 heterocycles. The first-order chi connectivity index (χ1) is 10.7. The minimum atomic E-state index is -0.325. The van der Waals surface area contributed by atoms with Crippen LogP contribution in [0.2, 0.25) is 0 Å². The molecule has 2 rings (SSSR count).